The van der Waals surface area contributed by atoms with Crippen LogP contribution in [0.3, 0.4) is 0 Å². The number of hydrogen-bond acceptors (Lipinski definition) is 2. The lowest BCUT2D eigenvalue weighted by atomic mass is 10.9. The van der Waals surface area contributed by atoms with E-state index < -0.39 is 12.9 Å². The van der Waals surface area contributed by atoms with Gasteiger partial charge >= 0.3 is 8.56 Å². The third-order valence-electron chi connectivity index (χ3n) is 2.32. The van der Waals surface area contributed by atoms with Gasteiger partial charge in [-0.25, -0.2) is 0 Å². The van der Waals surface area contributed by atoms with Crippen molar-refractivity contribution in [3.8, 4) is 0 Å². The molecule has 1 aliphatic rings. The molecule has 0 spiro atoms. The largest absolute Gasteiger partial charge is 0.394 e. The molecule has 0 radical (unpaired) electrons. The molecule has 0 bridgehead atoms. The zero-order valence-corrected chi connectivity index (χ0v) is 10.8. The molecule has 1 fully saturated rings. The first-order valence-electron chi connectivity index (χ1n) is 4.62. The molecule has 0 aliphatic heterocycles. The van der Waals surface area contributed by atoms with E-state index in [0.29, 0.717) is 13.2 Å². The second-order valence-electron chi connectivity index (χ2n) is 3.40. The van der Waals surface area contributed by atoms with Crippen LogP contribution < -0.4 is 0 Å². The SMILES string of the molecule is CCO[Si](C)(OCC)C1CC1(Cl)Cl. The quantitative estimate of drug-likeness (QED) is 0.545. The average Bonchev–Trinajstić information content (AvgIpc) is 2.62. The van der Waals surface area contributed by atoms with Crippen LogP contribution in [-0.2, 0) is 8.85 Å². The number of hydrogen-bond donors (Lipinski definition) is 0. The van der Waals surface area contributed by atoms with Crippen LogP contribution in [0.25, 0.3) is 0 Å². The third-order valence-corrected chi connectivity index (χ3v) is 7.21. The molecule has 0 aromatic carbocycles. The maximum absolute atomic E-state index is 6.00. The highest BCUT2D eigenvalue weighted by molar-refractivity contribution is 6.74. The Kier molecular flexibility index (Phi) is 3.69. The molecule has 0 saturated heterocycles. The molecular weight excluding hydrogens is 227 g/mol. The van der Waals surface area contributed by atoms with E-state index in [1.54, 1.807) is 0 Å². The molecule has 1 rings (SSSR count). The van der Waals surface area contributed by atoms with Crippen LogP contribution in [0.2, 0.25) is 12.1 Å². The van der Waals surface area contributed by atoms with Crippen molar-refractivity contribution in [3.63, 3.8) is 0 Å². The summed E-state index contributed by atoms with van der Waals surface area (Å²) in [5.41, 5.74) is 0.225. The molecule has 5 heteroatoms. The van der Waals surface area contributed by atoms with Gasteiger partial charge in [0.05, 0.1) is 0 Å². The van der Waals surface area contributed by atoms with Gasteiger partial charge in [-0.1, -0.05) is 0 Å². The summed E-state index contributed by atoms with van der Waals surface area (Å²) >= 11 is 12.0. The van der Waals surface area contributed by atoms with Crippen LogP contribution in [0.5, 0.6) is 0 Å². The normalized spacial score (nSPS) is 26.1. The van der Waals surface area contributed by atoms with Crippen molar-refractivity contribution in [1.82, 2.24) is 0 Å². The van der Waals surface area contributed by atoms with Crippen LogP contribution in [0.1, 0.15) is 20.3 Å². The lowest BCUT2D eigenvalue weighted by Crippen LogP contribution is -2.40. The van der Waals surface area contributed by atoms with Gasteiger partial charge in [-0.2, -0.15) is 0 Å². The Morgan fingerprint density at radius 1 is 1.31 bits per heavy atom. The predicted molar refractivity (Wildman–Crippen MR) is 57.7 cm³/mol. The van der Waals surface area contributed by atoms with Crippen molar-refractivity contribution in [2.24, 2.45) is 0 Å². The number of rotatable bonds is 5. The van der Waals surface area contributed by atoms with Crippen molar-refractivity contribution in [3.05, 3.63) is 0 Å². The van der Waals surface area contributed by atoms with Gasteiger partial charge < -0.3 is 8.85 Å². The van der Waals surface area contributed by atoms with Gasteiger partial charge in [0.1, 0.15) is 4.33 Å². The molecular formula is C8H16Cl2O2Si. The zero-order chi connectivity index (χ0) is 10.1. The van der Waals surface area contributed by atoms with E-state index in [-0.39, 0.29) is 5.54 Å². The average molecular weight is 243 g/mol. The molecule has 2 nitrogen and oxygen atoms in total. The van der Waals surface area contributed by atoms with Gasteiger partial charge in [-0.3, -0.25) is 0 Å². The van der Waals surface area contributed by atoms with Crippen LogP contribution in [0.15, 0.2) is 0 Å². The first-order valence-corrected chi connectivity index (χ1v) is 7.77. The third kappa shape index (κ3) is 2.60. The number of halogens is 2. The van der Waals surface area contributed by atoms with E-state index >= 15 is 0 Å². The highest BCUT2D eigenvalue weighted by Gasteiger charge is 2.64. The van der Waals surface area contributed by atoms with E-state index in [1.807, 2.05) is 20.4 Å². The Bertz CT molecular complexity index is 181. The highest BCUT2D eigenvalue weighted by atomic mass is 35.5. The molecule has 1 unspecified atom stereocenters. The molecule has 0 aromatic rings. The second kappa shape index (κ2) is 4.07. The first-order chi connectivity index (χ1) is 5.96. The summed E-state index contributed by atoms with van der Waals surface area (Å²) in [5, 5.41) is 0. The molecule has 1 saturated carbocycles. The van der Waals surface area contributed by atoms with E-state index in [1.165, 1.54) is 0 Å². The van der Waals surface area contributed by atoms with Crippen molar-refractivity contribution in [2.45, 2.75) is 36.7 Å². The lowest BCUT2D eigenvalue weighted by molar-refractivity contribution is 0.187. The van der Waals surface area contributed by atoms with E-state index in [0.717, 1.165) is 6.42 Å². The smallest absolute Gasteiger partial charge is 0.341 e. The van der Waals surface area contributed by atoms with Gasteiger partial charge in [0.15, 0.2) is 0 Å². The first kappa shape index (κ1) is 11.8. The van der Waals surface area contributed by atoms with Gasteiger partial charge in [-0.15, -0.1) is 23.2 Å². The van der Waals surface area contributed by atoms with Gasteiger partial charge in [0.25, 0.3) is 0 Å². The molecule has 0 heterocycles. The summed E-state index contributed by atoms with van der Waals surface area (Å²) in [4.78, 5) is 0. The molecule has 1 aliphatic carbocycles. The van der Waals surface area contributed by atoms with Gasteiger partial charge in [0.2, 0.25) is 0 Å². The lowest BCUT2D eigenvalue weighted by Gasteiger charge is -2.26. The van der Waals surface area contributed by atoms with Gasteiger partial charge in [0, 0.05) is 18.8 Å². The van der Waals surface area contributed by atoms with Crippen LogP contribution >= 0.6 is 23.2 Å². The van der Waals surface area contributed by atoms with E-state index in [2.05, 4.69) is 0 Å². The fourth-order valence-corrected chi connectivity index (χ4v) is 6.45. The van der Waals surface area contributed by atoms with Crippen molar-refractivity contribution >= 4 is 31.8 Å². The molecule has 0 amide bonds. The Morgan fingerprint density at radius 3 is 1.92 bits per heavy atom. The fraction of sp³-hybridized carbons (Fsp3) is 1.00. The van der Waals surface area contributed by atoms with Crippen molar-refractivity contribution in [2.75, 3.05) is 13.2 Å². The molecule has 1 atom stereocenters. The van der Waals surface area contributed by atoms with Crippen LogP contribution in [0, 0.1) is 0 Å². The summed E-state index contributed by atoms with van der Waals surface area (Å²) in [6.45, 7) is 7.32. The van der Waals surface area contributed by atoms with E-state index in [9.17, 15) is 0 Å². The Hall–Kier alpha value is 0.717. The van der Waals surface area contributed by atoms with Crippen molar-refractivity contribution < 1.29 is 8.85 Å². The minimum Gasteiger partial charge on any atom is -0.394 e. The van der Waals surface area contributed by atoms with Crippen molar-refractivity contribution in [1.29, 1.82) is 0 Å². The summed E-state index contributed by atoms with van der Waals surface area (Å²) < 4.78 is 10.8. The van der Waals surface area contributed by atoms with Crippen LogP contribution in [-0.4, -0.2) is 26.1 Å². The maximum Gasteiger partial charge on any atom is 0.341 e. The Morgan fingerprint density at radius 2 is 1.69 bits per heavy atom. The molecule has 78 valence electrons. The zero-order valence-electron chi connectivity index (χ0n) is 8.27. The minimum atomic E-state index is -2.11. The number of alkyl halides is 2. The van der Waals surface area contributed by atoms with Gasteiger partial charge in [-0.05, 0) is 26.8 Å². The highest BCUT2D eigenvalue weighted by Crippen LogP contribution is 2.63. The summed E-state index contributed by atoms with van der Waals surface area (Å²) in [6.07, 6.45) is 0.804. The van der Waals surface area contributed by atoms with Crippen LogP contribution in [0.4, 0.5) is 0 Å². The molecule has 0 N–H and O–H groups in total. The molecule has 0 aromatic heterocycles. The topological polar surface area (TPSA) is 18.5 Å². The second-order valence-corrected chi connectivity index (χ2v) is 8.25. The predicted octanol–water partition coefficient (Wildman–Crippen LogP) is 3.08. The molecule has 13 heavy (non-hydrogen) atoms. The Labute approximate surface area is 90.7 Å². The summed E-state index contributed by atoms with van der Waals surface area (Å²) in [5.74, 6) is 0. The minimum absolute atomic E-state index is 0.225. The summed E-state index contributed by atoms with van der Waals surface area (Å²) in [7, 11) is -2.11. The summed E-state index contributed by atoms with van der Waals surface area (Å²) in [6, 6.07) is 0. The van der Waals surface area contributed by atoms with E-state index in [4.69, 9.17) is 32.1 Å². The monoisotopic (exact) mass is 242 g/mol. The standard InChI is InChI=1S/C8H16Cl2O2Si/c1-4-11-13(3,12-5-2)7-6-8(7,9)10/h7H,4-6H2,1-3H3. The Balaban J connectivity index is 2.57. The fourth-order valence-electron chi connectivity index (χ4n) is 1.60. The maximum atomic E-state index is 6.00.